The van der Waals surface area contributed by atoms with Crippen LogP contribution in [0.5, 0.6) is 0 Å². The van der Waals surface area contributed by atoms with Crippen molar-refractivity contribution in [2.24, 2.45) is 7.05 Å². The fraction of sp³-hybridized carbons (Fsp3) is 0.500. The lowest BCUT2D eigenvalue weighted by molar-refractivity contribution is 0.0765. The van der Waals surface area contributed by atoms with Gasteiger partial charge in [-0.05, 0) is 5.56 Å². The van der Waals surface area contributed by atoms with Crippen LogP contribution in [-0.4, -0.2) is 48.1 Å². The van der Waals surface area contributed by atoms with Crippen LogP contribution in [0.4, 0.5) is 0 Å². The molecule has 1 unspecified atom stereocenters. The van der Waals surface area contributed by atoms with E-state index in [0.29, 0.717) is 19.1 Å². The smallest absolute Gasteiger partial charge is 0.0736 e. The molecule has 2 aromatic rings. The van der Waals surface area contributed by atoms with Gasteiger partial charge in [0.1, 0.15) is 0 Å². The van der Waals surface area contributed by atoms with Crippen molar-refractivity contribution in [3.63, 3.8) is 0 Å². The van der Waals surface area contributed by atoms with Crippen molar-refractivity contribution in [3.05, 3.63) is 53.3 Å². The van der Waals surface area contributed by atoms with Crippen molar-refractivity contribution < 1.29 is 9.47 Å². The molecule has 124 valence electrons. The first-order chi connectivity index (χ1) is 11.3. The monoisotopic (exact) mass is 315 g/mol. The van der Waals surface area contributed by atoms with Crippen molar-refractivity contribution in [1.29, 1.82) is 0 Å². The maximum Gasteiger partial charge on any atom is 0.0736 e. The number of fused-ring (bicyclic) bond motifs is 1. The van der Waals surface area contributed by atoms with E-state index >= 15 is 0 Å². The molecule has 1 aliphatic heterocycles. The quantitative estimate of drug-likeness (QED) is 0.734. The van der Waals surface area contributed by atoms with Crippen LogP contribution in [-0.2, 0) is 29.7 Å². The molecule has 1 aromatic carbocycles. The second-order valence-corrected chi connectivity index (χ2v) is 6.14. The van der Waals surface area contributed by atoms with Gasteiger partial charge in [0.15, 0.2) is 0 Å². The predicted octanol–water partition coefficient (Wildman–Crippen LogP) is 2.18. The molecule has 2 heterocycles. The number of aryl methyl sites for hydroxylation is 1. The number of hydrogen-bond donors (Lipinski definition) is 0. The first kappa shape index (κ1) is 16.2. The summed E-state index contributed by atoms with van der Waals surface area (Å²) in [5, 5.41) is 4.60. The fourth-order valence-electron chi connectivity index (χ4n) is 3.19. The zero-order valence-electron chi connectivity index (χ0n) is 13.9. The zero-order valence-corrected chi connectivity index (χ0v) is 13.9. The summed E-state index contributed by atoms with van der Waals surface area (Å²) in [5.74, 6) is 0.346. The van der Waals surface area contributed by atoms with Crippen LogP contribution in [0.1, 0.15) is 22.7 Å². The minimum absolute atomic E-state index is 0.346. The van der Waals surface area contributed by atoms with E-state index in [1.54, 1.807) is 7.11 Å². The van der Waals surface area contributed by atoms with Crippen molar-refractivity contribution in [2.45, 2.75) is 19.1 Å². The van der Waals surface area contributed by atoms with Gasteiger partial charge in [-0.2, -0.15) is 5.10 Å². The van der Waals surface area contributed by atoms with Gasteiger partial charge in [-0.3, -0.25) is 9.58 Å². The van der Waals surface area contributed by atoms with Gasteiger partial charge in [-0.25, -0.2) is 0 Å². The molecule has 0 amide bonds. The molecular weight excluding hydrogens is 290 g/mol. The summed E-state index contributed by atoms with van der Waals surface area (Å²) in [4.78, 5) is 2.43. The van der Waals surface area contributed by atoms with Crippen LogP contribution < -0.4 is 0 Å². The first-order valence-electron chi connectivity index (χ1n) is 8.11. The van der Waals surface area contributed by atoms with E-state index in [-0.39, 0.29) is 0 Å². The average Bonchev–Trinajstić information content (AvgIpc) is 2.93. The Kier molecular flexibility index (Phi) is 5.43. The molecule has 0 N–H and O–H groups in total. The van der Waals surface area contributed by atoms with Gasteiger partial charge in [-0.15, -0.1) is 0 Å². The molecule has 0 spiro atoms. The lowest BCUT2D eigenvalue weighted by Gasteiger charge is -2.31. The third-order valence-electron chi connectivity index (χ3n) is 4.23. The minimum atomic E-state index is 0.346. The van der Waals surface area contributed by atoms with E-state index in [0.717, 1.165) is 26.2 Å². The van der Waals surface area contributed by atoms with E-state index in [1.807, 2.05) is 29.9 Å². The van der Waals surface area contributed by atoms with E-state index in [2.05, 4.69) is 28.3 Å². The summed E-state index contributed by atoms with van der Waals surface area (Å²) < 4.78 is 13.1. The van der Waals surface area contributed by atoms with Gasteiger partial charge >= 0.3 is 0 Å². The van der Waals surface area contributed by atoms with E-state index in [4.69, 9.17) is 9.47 Å². The SMILES string of the molecule is COCC1CN(CCOCc2ccccc2)Cc2cn(C)nc21. The van der Waals surface area contributed by atoms with Crippen LogP contribution >= 0.6 is 0 Å². The molecule has 0 saturated heterocycles. The molecular formula is C18H25N3O2. The molecule has 0 aliphatic carbocycles. The number of hydrogen-bond acceptors (Lipinski definition) is 4. The molecule has 3 rings (SSSR count). The van der Waals surface area contributed by atoms with Crippen molar-refractivity contribution in [3.8, 4) is 0 Å². The molecule has 5 nitrogen and oxygen atoms in total. The molecule has 23 heavy (non-hydrogen) atoms. The third kappa shape index (κ3) is 4.19. The van der Waals surface area contributed by atoms with Crippen LogP contribution in [0.15, 0.2) is 36.5 Å². The number of nitrogens with zero attached hydrogens (tertiary/aromatic N) is 3. The van der Waals surface area contributed by atoms with Crippen molar-refractivity contribution in [1.82, 2.24) is 14.7 Å². The summed E-state index contributed by atoms with van der Waals surface area (Å²) in [6.07, 6.45) is 2.12. The largest absolute Gasteiger partial charge is 0.384 e. The number of rotatable bonds is 7. The molecule has 5 heteroatoms. The van der Waals surface area contributed by atoms with Crippen LogP contribution in [0.3, 0.4) is 0 Å². The highest BCUT2D eigenvalue weighted by atomic mass is 16.5. The molecule has 0 bridgehead atoms. The lowest BCUT2D eigenvalue weighted by Crippen LogP contribution is -2.37. The first-order valence-corrected chi connectivity index (χ1v) is 8.11. The highest BCUT2D eigenvalue weighted by Gasteiger charge is 2.27. The summed E-state index contributed by atoms with van der Waals surface area (Å²) in [7, 11) is 3.74. The van der Waals surface area contributed by atoms with Crippen molar-refractivity contribution in [2.75, 3.05) is 33.4 Å². The molecule has 1 aromatic heterocycles. The molecule has 0 saturated carbocycles. The van der Waals surface area contributed by atoms with Crippen molar-refractivity contribution >= 4 is 0 Å². The molecule has 0 radical (unpaired) electrons. The Morgan fingerprint density at radius 2 is 2.09 bits per heavy atom. The van der Waals surface area contributed by atoms with E-state index in [1.165, 1.54) is 16.8 Å². The van der Waals surface area contributed by atoms with Gasteiger partial charge in [-0.1, -0.05) is 30.3 Å². The average molecular weight is 315 g/mol. The van der Waals surface area contributed by atoms with Gasteiger partial charge in [0.25, 0.3) is 0 Å². The van der Waals surface area contributed by atoms with Crippen LogP contribution in [0, 0.1) is 0 Å². The highest BCUT2D eigenvalue weighted by molar-refractivity contribution is 5.24. The number of methoxy groups -OCH3 is 1. The molecule has 1 aliphatic rings. The predicted molar refractivity (Wildman–Crippen MR) is 89.2 cm³/mol. The normalized spacial score (nSPS) is 18.1. The Morgan fingerprint density at radius 3 is 2.87 bits per heavy atom. The van der Waals surface area contributed by atoms with Crippen LogP contribution in [0.2, 0.25) is 0 Å². The number of benzene rings is 1. The van der Waals surface area contributed by atoms with Gasteiger partial charge in [0, 0.05) is 51.5 Å². The van der Waals surface area contributed by atoms with E-state index in [9.17, 15) is 0 Å². The molecule has 1 atom stereocenters. The fourth-order valence-corrected chi connectivity index (χ4v) is 3.19. The Morgan fingerprint density at radius 1 is 1.26 bits per heavy atom. The Hall–Kier alpha value is -1.69. The summed E-state index contributed by atoms with van der Waals surface area (Å²) >= 11 is 0. The van der Waals surface area contributed by atoms with Gasteiger partial charge in [0.2, 0.25) is 0 Å². The Labute approximate surface area is 137 Å². The van der Waals surface area contributed by atoms with Crippen LogP contribution in [0.25, 0.3) is 0 Å². The highest BCUT2D eigenvalue weighted by Crippen LogP contribution is 2.26. The standard InChI is InChI=1S/C18H25N3O2/c1-20-10-16-11-21(12-17(14-22-2)18(16)19-20)8-9-23-13-15-6-4-3-5-7-15/h3-7,10,17H,8-9,11-14H2,1-2H3. The Balaban J connectivity index is 1.51. The van der Waals surface area contributed by atoms with Gasteiger partial charge < -0.3 is 9.47 Å². The topological polar surface area (TPSA) is 39.5 Å². The summed E-state index contributed by atoms with van der Waals surface area (Å²) in [5.41, 5.74) is 3.72. The Bertz CT molecular complexity index is 612. The van der Waals surface area contributed by atoms with Gasteiger partial charge in [0.05, 0.1) is 25.5 Å². The number of ether oxygens (including phenoxy) is 2. The summed E-state index contributed by atoms with van der Waals surface area (Å²) in [6, 6.07) is 10.3. The summed E-state index contributed by atoms with van der Waals surface area (Å²) in [6.45, 7) is 4.98. The third-order valence-corrected chi connectivity index (χ3v) is 4.23. The lowest BCUT2D eigenvalue weighted by atomic mass is 9.97. The maximum absolute atomic E-state index is 5.82. The second kappa shape index (κ2) is 7.73. The minimum Gasteiger partial charge on any atom is -0.384 e. The maximum atomic E-state index is 5.82. The zero-order chi connectivity index (χ0) is 16.1. The van der Waals surface area contributed by atoms with E-state index < -0.39 is 0 Å². The molecule has 0 fully saturated rings. The second-order valence-electron chi connectivity index (χ2n) is 6.14. The number of aromatic nitrogens is 2.